The molecule has 0 saturated heterocycles. The van der Waals surface area contributed by atoms with E-state index in [0.29, 0.717) is 19.6 Å². The van der Waals surface area contributed by atoms with Crippen molar-refractivity contribution < 1.29 is 15.3 Å². The molecular formula is C35H38N6O3. The number of rotatable bonds is 8. The van der Waals surface area contributed by atoms with Gasteiger partial charge in [-0.3, -0.25) is 9.98 Å². The van der Waals surface area contributed by atoms with E-state index in [1.54, 1.807) is 0 Å². The highest BCUT2D eigenvalue weighted by Gasteiger charge is 2.32. The zero-order valence-corrected chi connectivity index (χ0v) is 24.8. The molecule has 5 aromatic rings. The van der Waals surface area contributed by atoms with Crippen LogP contribution in [0.2, 0.25) is 0 Å². The molecule has 0 aliphatic carbocycles. The zero-order valence-electron chi connectivity index (χ0n) is 24.8. The van der Waals surface area contributed by atoms with Gasteiger partial charge in [0.25, 0.3) is 0 Å². The summed E-state index contributed by atoms with van der Waals surface area (Å²) in [7, 11) is 0. The van der Waals surface area contributed by atoms with Crippen molar-refractivity contribution in [2.45, 2.75) is 13.3 Å². The highest BCUT2D eigenvalue weighted by Crippen LogP contribution is 2.31. The quantitative estimate of drug-likeness (QED) is 0.146. The number of aliphatic hydroxyl groups excluding tert-OH is 3. The van der Waals surface area contributed by atoms with Crippen molar-refractivity contribution in [2.24, 2.45) is 20.8 Å². The van der Waals surface area contributed by atoms with Gasteiger partial charge < -0.3 is 35.9 Å². The number of hydrogen-bond donors (Lipinski definition) is 7. The van der Waals surface area contributed by atoms with Gasteiger partial charge >= 0.3 is 0 Å². The number of amidine groups is 2. The smallest absolute Gasteiger partial charge is 0.128 e. The largest absolute Gasteiger partial charge is 0.396 e. The van der Waals surface area contributed by atoms with Crippen molar-refractivity contribution in [3.05, 3.63) is 83.9 Å². The van der Waals surface area contributed by atoms with E-state index in [2.05, 4.69) is 99.2 Å². The van der Waals surface area contributed by atoms with E-state index < -0.39 is 5.41 Å². The highest BCUT2D eigenvalue weighted by molar-refractivity contribution is 6.03. The van der Waals surface area contributed by atoms with Crippen molar-refractivity contribution in [3.8, 4) is 22.5 Å². The van der Waals surface area contributed by atoms with Crippen LogP contribution in [0.3, 0.4) is 0 Å². The average Bonchev–Trinajstić information content (AvgIpc) is 3.72. The lowest BCUT2D eigenvalue weighted by Crippen LogP contribution is -2.49. The van der Waals surface area contributed by atoms with E-state index in [-0.39, 0.29) is 25.2 Å². The zero-order chi connectivity index (χ0) is 30.3. The van der Waals surface area contributed by atoms with Gasteiger partial charge in [0.05, 0.1) is 38.3 Å². The van der Waals surface area contributed by atoms with E-state index in [1.807, 2.05) is 6.07 Å². The number of aliphatic hydroxyl groups is 3. The van der Waals surface area contributed by atoms with Crippen LogP contribution in [0.25, 0.3) is 44.3 Å². The number of H-pyrrole nitrogens is 2. The molecule has 44 heavy (non-hydrogen) atoms. The lowest BCUT2D eigenvalue weighted by Gasteiger charge is -2.34. The third-order valence-electron chi connectivity index (χ3n) is 9.46. The van der Waals surface area contributed by atoms with Crippen LogP contribution in [-0.4, -0.2) is 83.0 Å². The summed E-state index contributed by atoms with van der Waals surface area (Å²) >= 11 is 0. The number of fused-ring (bicyclic) bond motifs is 2. The van der Waals surface area contributed by atoms with Crippen LogP contribution >= 0.6 is 0 Å². The summed E-state index contributed by atoms with van der Waals surface area (Å²) in [6.07, 6.45) is 0.889. The first-order chi connectivity index (χ1) is 21.5. The summed E-state index contributed by atoms with van der Waals surface area (Å²) in [6, 6.07) is 25.5. The highest BCUT2D eigenvalue weighted by atomic mass is 16.3. The Balaban J connectivity index is 1.09. The van der Waals surface area contributed by atoms with Gasteiger partial charge in [0.1, 0.15) is 11.7 Å². The van der Waals surface area contributed by atoms with Crippen molar-refractivity contribution >= 4 is 33.5 Å². The molecule has 9 nitrogen and oxygen atoms in total. The standard InChI is InChI=1S/C35H38N6O3/c1-2-34(19-42)15-36-32(37-16-34)26-9-7-24-11-28(40-30(24)13-26)22-3-5-23(6-4-22)29-12-25-8-10-27(14-31(25)41-29)33-38-17-35(20-43,21-44)18-39-33/h3-14,40-44H,2,15-21H2,1H3,(H,36,37)(H,38,39). The van der Waals surface area contributed by atoms with Gasteiger partial charge in [-0.25, -0.2) is 0 Å². The lowest BCUT2D eigenvalue weighted by atomic mass is 9.85. The van der Waals surface area contributed by atoms with E-state index in [0.717, 1.165) is 80.1 Å². The Bertz CT molecular complexity index is 1740. The van der Waals surface area contributed by atoms with E-state index in [4.69, 9.17) is 4.99 Å². The van der Waals surface area contributed by atoms with Gasteiger partial charge in [0.2, 0.25) is 0 Å². The molecule has 3 aromatic carbocycles. The molecule has 0 bridgehead atoms. The van der Waals surface area contributed by atoms with Crippen LogP contribution in [0.1, 0.15) is 24.5 Å². The summed E-state index contributed by atoms with van der Waals surface area (Å²) in [5.74, 6) is 1.65. The van der Waals surface area contributed by atoms with Crippen LogP contribution in [0, 0.1) is 10.8 Å². The number of nitrogens with zero attached hydrogens (tertiary/aromatic N) is 2. The number of nitrogens with one attached hydrogen (secondary N) is 4. The van der Waals surface area contributed by atoms with E-state index in [1.165, 1.54) is 0 Å². The van der Waals surface area contributed by atoms with Crippen molar-refractivity contribution in [1.29, 1.82) is 0 Å². The molecule has 4 heterocycles. The molecule has 0 fully saturated rings. The van der Waals surface area contributed by atoms with Crippen LogP contribution < -0.4 is 10.6 Å². The average molecular weight is 591 g/mol. The fourth-order valence-corrected chi connectivity index (χ4v) is 6.05. The minimum atomic E-state index is -0.610. The van der Waals surface area contributed by atoms with Gasteiger partial charge in [0.15, 0.2) is 0 Å². The lowest BCUT2D eigenvalue weighted by molar-refractivity contribution is 0.0623. The van der Waals surface area contributed by atoms with E-state index in [9.17, 15) is 15.3 Å². The monoisotopic (exact) mass is 590 g/mol. The van der Waals surface area contributed by atoms with Crippen LogP contribution in [0.15, 0.2) is 82.8 Å². The Morgan fingerprint density at radius 3 is 1.41 bits per heavy atom. The van der Waals surface area contributed by atoms with Crippen LogP contribution in [0.5, 0.6) is 0 Å². The fraction of sp³-hybridized carbons (Fsp3) is 0.314. The molecule has 1 atom stereocenters. The normalized spacial score (nSPS) is 19.8. The Morgan fingerprint density at radius 2 is 1.02 bits per heavy atom. The third kappa shape index (κ3) is 5.06. The molecule has 0 spiro atoms. The molecule has 2 aliphatic heterocycles. The first-order valence-corrected chi connectivity index (χ1v) is 15.2. The van der Waals surface area contributed by atoms with Gasteiger partial charge in [-0.15, -0.1) is 0 Å². The molecule has 0 saturated carbocycles. The number of hydrogen-bond acceptors (Lipinski definition) is 7. The van der Waals surface area contributed by atoms with E-state index >= 15 is 0 Å². The van der Waals surface area contributed by atoms with Gasteiger partial charge in [0, 0.05) is 62.8 Å². The topological polar surface area (TPSA) is 141 Å². The Labute approximate surface area is 255 Å². The molecule has 0 amide bonds. The van der Waals surface area contributed by atoms with Crippen LogP contribution in [-0.2, 0) is 0 Å². The SMILES string of the molecule is CCC1(CO)CN=C(c2ccc3cc(-c4ccc(-c5cc6ccc(C7=NCC(CO)(CO)CN7)cc6[nH]5)cc4)[nH]c3c2)NC1. The maximum Gasteiger partial charge on any atom is 0.128 e. The second kappa shape index (κ2) is 11.2. The molecule has 9 heteroatoms. The molecule has 0 radical (unpaired) electrons. The summed E-state index contributed by atoms with van der Waals surface area (Å²) in [4.78, 5) is 16.5. The molecular weight excluding hydrogens is 552 g/mol. The van der Waals surface area contributed by atoms with Crippen molar-refractivity contribution in [2.75, 3.05) is 46.0 Å². The summed E-state index contributed by atoms with van der Waals surface area (Å²) in [5, 5.41) is 38.1. The van der Waals surface area contributed by atoms with Gasteiger partial charge in [-0.1, -0.05) is 55.5 Å². The Hall–Kier alpha value is -4.44. The minimum absolute atomic E-state index is 0.105. The van der Waals surface area contributed by atoms with Crippen LogP contribution in [0.4, 0.5) is 0 Å². The number of benzene rings is 3. The molecule has 2 aromatic heterocycles. The Morgan fingerprint density at radius 1 is 0.591 bits per heavy atom. The molecule has 7 N–H and O–H groups in total. The van der Waals surface area contributed by atoms with Gasteiger partial charge in [-0.2, -0.15) is 0 Å². The van der Waals surface area contributed by atoms with Crippen molar-refractivity contribution in [3.63, 3.8) is 0 Å². The van der Waals surface area contributed by atoms with Gasteiger partial charge in [-0.05, 0) is 41.8 Å². The molecule has 1 unspecified atom stereocenters. The molecule has 2 aliphatic rings. The maximum atomic E-state index is 9.81. The summed E-state index contributed by atoms with van der Waals surface area (Å²) < 4.78 is 0. The molecule has 226 valence electrons. The fourth-order valence-electron chi connectivity index (χ4n) is 6.05. The number of aromatic amines is 2. The number of aromatic nitrogens is 2. The second-order valence-corrected chi connectivity index (χ2v) is 12.4. The van der Waals surface area contributed by atoms with Crippen molar-refractivity contribution in [1.82, 2.24) is 20.6 Å². The summed E-state index contributed by atoms with van der Waals surface area (Å²) in [6.45, 7) is 4.25. The first-order valence-electron chi connectivity index (χ1n) is 15.2. The maximum absolute atomic E-state index is 9.81. The Kier molecular flexibility index (Phi) is 7.24. The number of aliphatic imine (C=N–C) groups is 2. The third-order valence-corrected chi connectivity index (χ3v) is 9.46. The predicted octanol–water partition coefficient (Wildman–Crippen LogP) is 4.04. The first kappa shape index (κ1) is 28.3. The predicted molar refractivity (Wildman–Crippen MR) is 176 cm³/mol. The second-order valence-electron chi connectivity index (χ2n) is 12.4. The molecule has 7 rings (SSSR count). The summed E-state index contributed by atoms with van der Waals surface area (Å²) in [5.41, 5.74) is 7.61. The minimum Gasteiger partial charge on any atom is -0.396 e.